The van der Waals surface area contributed by atoms with Crippen LogP contribution in [0, 0.1) is 6.92 Å². The van der Waals surface area contributed by atoms with Crippen molar-refractivity contribution in [1.82, 2.24) is 9.97 Å². The summed E-state index contributed by atoms with van der Waals surface area (Å²) in [6.45, 7) is 3.97. The summed E-state index contributed by atoms with van der Waals surface area (Å²) in [5.74, 6) is 0.686. The molecule has 1 amide bonds. The molecule has 0 fully saturated rings. The number of amides is 1. The zero-order valence-electron chi connectivity index (χ0n) is 18.1. The minimum Gasteiger partial charge on any atom is -0.438 e. The lowest BCUT2D eigenvalue weighted by Crippen LogP contribution is -2.12. The van der Waals surface area contributed by atoms with E-state index in [2.05, 4.69) is 22.2 Å². The maximum Gasteiger partial charge on any atom is 0.255 e. The van der Waals surface area contributed by atoms with Crippen molar-refractivity contribution in [2.45, 2.75) is 20.3 Å². The fourth-order valence-electron chi connectivity index (χ4n) is 3.32. The molecule has 4 aromatic rings. The summed E-state index contributed by atoms with van der Waals surface area (Å²) >= 11 is 12.1. The van der Waals surface area contributed by atoms with E-state index in [0.717, 1.165) is 28.8 Å². The molecule has 2 aromatic heterocycles. The molecule has 0 saturated carbocycles. The molecule has 0 aliphatic rings. The second-order valence-corrected chi connectivity index (χ2v) is 8.31. The van der Waals surface area contributed by atoms with Gasteiger partial charge in [-0.1, -0.05) is 36.2 Å². The number of benzene rings is 2. The molecule has 7 heteroatoms. The number of anilines is 1. The maximum atomic E-state index is 12.8. The molecule has 5 nitrogen and oxygen atoms in total. The first-order chi connectivity index (χ1) is 15.9. The Balaban J connectivity index is 1.62. The second-order valence-electron chi connectivity index (χ2n) is 7.44. The number of carbonyl (C=O) groups is 1. The van der Waals surface area contributed by atoms with Crippen molar-refractivity contribution in [2.24, 2.45) is 0 Å². The molecule has 2 heterocycles. The van der Waals surface area contributed by atoms with Crippen molar-refractivity contribution >= 4 is 34.8 Å². The molecule has 0 unspecified atom stereocenters. The van der Waals surface area contributed by atoms with Crippen molar-refractivity contribution in [3.63, 3.8) is 0 Å². The Hall–Kier alpha value is -3.41. The van der Waals surface area contributed by atoms with E-state index in [9.17, 15) is 4.79 Å². The number of nitrogens with one attached hydrogen (secondary N) is 1. The lowest BCUT2D eigenvalue weighted by atomic mass is 10.1. The maximum absolute atomic E-state index is 12.8. The Kier molecular flexibility index (Phi) is 6.92. The molecular weight excluding hydrogens is 457 g/mol. The van der Waals surface area contributed by atoms with Gasteiger partial charge in [-0.3, -0.25) is 9.78 Å². The van der Waals surface area contributed by atoms with E-state index >= 15 is 0 Å². The van der Waals surface area contributed by atoms with Gasteiger partial charge in [0.1, 0.15) is 5.75 Å². The summed E-state index contributed by atoms with van der Waals surface area (Å²) in [6.07, 6.45) is 4.29. The third-order valence-corrected chi connectivity index (χ3v) is 5.47. The number of nitrogens with zero attached hydrogens (tertiary/aromatic N) is 2. The fraction of sp³-hybridized carbons (Fsp3) is 0.115. The summed E-state index contributed by atoms with van der Waals surface area (Å²) in [7, 11) is 0. The van der Waals surface area contributed by atoms with Gasteiger partial charge in [0, 0.05) is 44.9 Å². The van der Waals surface area contributed by atoms with Crippen molar-refractivity contribution in [1.29, 1.82) is 0 Å². The van der Waals surface area contributed by atoms with Crippen LogP contribution in [0.25, 0.3) is 11.1 Å². The van der Waals surface area contributed by atoms with Crippen LogP contribution < -0.4 is 10.1 Å². The van der Waals surface area contributed by atoms with Gasteiger partial charge in [0.05, 0.1) is 0 Å². The predicted octanol–water partition coefficient (Wildman–Crippen LogP) is 7.37. The van der Waals surface area contributed by atoms with Crippen molar-refractivity contribution in [3.8, 4) is 22.8 Å². The number of pyridine rings is 2. The number of aromatic nitrogens is 2. The molecule has 1 N–H and O–H groups in total. The normalized spacial score (nSPS) is 10.7. The zero-order valence-corrected chi connectivity index (χ0v) is 19.6. The molecular formula is C26H21Cl2N3O2. The topological polar surface area (TPSA) is 64.1 Å². The summed E-state index contributed by atoms with van der Waals surface area (Å²) in [5, 5.41) is 3.70. The summed E-state index contributed by atoms with van der Waals surface area (Å²) in [5.41, 5.74) is 4.61. The average Bonchev–Trinajstić information content (AvgIpc) is 2.80. The van der Waals surface area contributed by atoms with Crippen molar-refractivity contribution < 1.29 is 9.53 Å². The standard InChI is InChI=1S/C26H21Cl2N3O2/c1-3-21-11-17(8-10-29-21)23-5-4-9-30-26(23)33-24-12-18(7-6-16(24)2)25(32)31-22-14-19(27)13-20(28)15-22/h4-15H,3H2,1-2H3,(H,31,32). The number of aryl methyl sites for hydroxylation is 2. The first-order valence-electron chi connectivity index (χ1n) is 10.4. The van der Waals surface area contributed by atoms with E-state index in [-0.39, 0.29) is 5.91 Å². The zero-order chi connectivity index (χ0) is 23.4. The Morgan fingerprint density at radius 2 is 1.76 bits per heavy atom. The molecule has 0 aliphatic heterocycles. The molecule has 0 bridgehead atoms. The summed E-state index contributed by atoms with van der Waals surface area (Å²) in [6, 6.07) is 17.9. The van der Waals surface area contributed by atoms with Crippen LogP contribution in [0.5, 0.6) is 11.6 Å². The quantitative estimate of drug-likeness (QED) is 0.314. The number of halogens is 2. The molecule has 0 atom stereocenters. The van der Waals surface area contributed by atoms with Crippen LogP contribution in [0.15, 0.2) is 73.1 Å². The van der Waals surface area contributed by atoms with Crippen molar-refractivity contribution in [2.75, 3.05) is 5.32 Å². The number of hydrogen-bond donors (Lipinski definition) is 1. The van der Waals surface area contributed by atoms with Gasteiger partial charge in [-0.05, 0) is 79.1 Å². The number of carbonyl (C=O) groups excluding carboxylic acids is 1. The highest BCUT2D eigenvalue weighted by Crippen LogP contribution is 2.33. The number of rotatable bonds is 6. The highest BCUT2D eigenvalue weighted by Gasteiger charge is 2.14. The van der Waals surface area contributed by atoms with E-state index in [4.69, 9.17) is 27.9 Å². The van der Waals surface area contributed by atoms with Crippen LogP contribution in [0.4, 0.5) is 5.69 Å². The van der Waals surface area contributed by atoms with Gasteiger partial charge < -0.3 is 10.1 Å². The largest absolute Gasteiger partial charge is 0.438 e. The first kappa shape index (κ1) is 22.8. The van der Waals surface area contributed by atoms with Crippen LogP contribution in [0.1, 0.15) is 28.5 Å². The molecule has 0 spiro atoms. The third kappa shape index (κ3) is 5.51. The van der Waals surface area contributed by atoms with E-state index in [0.29, 0.717) is 32.9 Å². The first-order valence-corrected chi connectivity index (χ1v) is 11.1. The highest BCUT2D eigenvalue weighted by molar-refractivity contribution is 6.35. The lowest BCUT2D eigenvalue weighted by Gasteiger charge is -2.14. The van der Waals surface area contributed by atoms with Crippen LogP contribution in [0.2, 0.25) is 10.0 Å². The Labute approximate surface area is 202 Å². The van der Waals surface area contributed by atoms with Gasteiger partial charge in [-0.25, -0.2) is 4.98 Å². The average molecular weight is 478 g/mol. The predicted molar refractivity (Wildman–Crippen MR) is 133 cm³/mol. The van der Waals surface area contributed by atoms with Crippen LogP contribution >= 0.6 is 23.2 Å². The summed E-state index contributed by atoms with van der Waals surface area (Å²) in [4.78, 5) is 21.6. The Bertz CT molecular complexity index is 1300. The van der Waals surface area contributed by atoms with Gasteiger partial charge in [-0.2, -0.15) is 0 Å². The second kappa shape index (κ2) is 10.0. The molecule has 4 rings (SSSR count). The SMILES string of the molecule is CCc1cc(-c2cccnc2Oc2cc(C(=O)Nc3cc(Cl)cc(Cl)c3)ccc2C)ccn1. The van der Waals surface area contributed by atoms with Crippen LogP contribution in [-0.4, -0.2) is 15.9 Å². The minimum atomic E-state index is -0.304. The van der Waals surface area contributed by atoms with E-state index in [1.807, 2.05) is 37.3 Å². The fourth-order valence-corrected chi connectivity index (χ4v) is 3.84. The summed E-state index contributed by atoms with van der Waals surface area (Å²) < 4.78 is 6.19. The number of hydrogen-bond acceptors (Lipinski definition) is 4. The van der Waals surface area contributed by atoms with Gasteiger partial charge >= 0.3 is 0 Å². The van der Waals surface area contributed by atoms with Gasteiger partial charge in [0.25, 0.3) is 5.91 Å². The highest BCUT2D eigenvalue weighted by atomic mass is 35.5. The van der Waals surface area contributed by atoms with E-state index in [1.54, 1.807) is 42.7 Å². The van der Waals surface area contributed by atoms with Crippen LogP contribution in [0.3, 0.4) is 0 Å². The monoisotopic (exact) mass is 477 g/mol. The van der Waals surface area contributed by atoms with Crippen molar-refractivity contribution in [3.05, 3.63) is 99.9 Å². The molecule has 33 heavy (non-hydrogen) atoms. The van der Waals surface area contributed by atoms with Gasteiger partial charge in [0.15, 0.2) is 0 Å². The minimum absolute atomic E-state index is 0.304. The van der Waals surface area contributed by atoms with Crippen LogP contribution in [-0.2, 0) is 6.42 Å². The number of ether oxygens (including phenoxy) is 1. The Morgan fingerprint density at radius 3 is 2.52 bits per heavy atom. The van der Waals surface area contributed by atoms with E-state index < -0.39 is 0 Å². The molecule has 0 saturated heterocycles. The molecule has 2 aromatic carbocycles. The third-order valence-electron chi connectivity index (χ3n) is 5.04. The van der Waals surface area contributed by atoms with Gasteiger partial charge in [-0.15, -0.1) is 0 Å². The lowest BCUT2D eigenvalue weighted by molar-refractivity contribution is 0.102. The van der Waals surface area contributed by atoms with Gasteiger partial charge in [0.2, 0.25) is 5.88 Å². The molecule has 0 aliphatic carbocycles. The molecule has 0 radical (unpaired) electrons. The smallest absolute Gasteiger partial charge is 0.255 e. The van der Waals surface area contributed by atoms with E-state index in [1.165, 1.54) is 0 Å². The molecule has 166 valence electrons. The Morgan fingerprint density at radius 1 is 0.970 bits per heavy atom.